The van der Waals surface area contributed by atoms with Gasteiger partial charge < -0.3 is 14.8 Å². The lowest BCUT2D eigenvalue weighted by atomic mass is 10.3. The Kier molecular flexibility index (Phi) is 6.50. The molecule has 1 N–H and O–H groups in total. The number of hydrogen-bond donors (Lipinski definition) is 1. The zero-order valence-electron chi connectivity index (χ0n) is 11.8. The van der Waals surface area contributed by atoms with E-state index < -0.39 is 0 Å². The van der Waals surface area contributed by atoms with Crippen LogP contribution in [0.2, 0.25) is 0 Å². The molecule has 0 aliphatic rings. The summed E-state index contributed by atoms with van der Waals surface area (Å²) in [5, 5.41) is 3.40. The second-order valence-electron chi connectivity index (χ2n) is 4.76. The Bertz CT molecular complexity index is 358. The Morgan fingerprint density at radius 3 is 2.89 bits per heavy atom. The Hall–Kier alpha value is -1.29. The second kappa shape index (κ2) is 7.93. The molecule has 0 aliphatic carbocycles. The molecular weight excluding hydrogens is 226 g/mol. The van der Waals surface area contributed by atoms with E-state index in [-0.39, 0.29) is 5.91 Å². The van der Waals surface area contributed by atoms with Crippen LogP contribution in [-0.2, 0) is 17.9 Å². The van der Waals surface area contributed by atoms with E-state index in [4.69, 9.17) is 0 Å². The number of carbonyl (C=O) groups is 1. The van der Waals surface area contributed by atoms with Gasteiger partial charge in [0.05, 0.1) is 0 Å². The van der Waals surface area contributed by atoms with Crippen LogP contribution in [0.25, 0.3) is 0 Å². The third kappa shape index (κ3) is 4.92. The highest BCUT2D eigenvalue weighted by atomic mass is 16.2. The molecule has 0 aromatic carbocycles. The van der Waals surface area contributed by atoms with Gasteiger partial charge in [0.1, 0.15) is 0 Å². The average molecular weight is 251 g/mol. The van der Waals surface area contributed by atoms with Gasteiger partial charge in [-0.1, -0.05) is 6.92 Å². The highest BCUT2D eigenvalue weighted by molar-refractivity contribution is 5.75. The first kappa shape index (κ1) is 14.8. The fraction of sp³-hybridized carbons (Fsp3) is 0.643. The highest BCUT2D eigenvalue weighted by Crippen LogP contribution is 2.05. The summed E-state index contributed by atoms with van der Waals surface area (Å²) >= 11 is 0. The van der Waals surface area contributed by atoms with Gasteiger partial charge in [0.15, 0.2) is 0 Å². The predicted octanol–water partition coefficient (Wildman–Crippen LogP) is 1.86. The summed E-state index contributed by atoms with van der Waals surface area (Å²) in [5.41, 5.74) is 1.29. The largest absolute Gasteiger partial charge is 0.350 e. The Balaban J connectivity index is 2.33. The first-order valence-corrected chi connectivity index (χ1v) is 6.70. The molecule has 102 valence electrons. The van der Waals surface area contributed by atoms with Gasteiger partial charge >= 0.3 is 0 Å². The maximum atomic E-state index is 11.5. The van der Waals surface area contributed by atoms with Crippen LogP contribution in [0.1, 0.15) is 31.9 Å². The van der Waals surface area contributed by atoms with Gasteiger partial charge in [0.25, 0.3) is 0 Å². The van der Waals surface area contributed by atoms with Crippen LogP contribution in [-0.4, -0.2) is 36.0 Å². The van der Waals surface area contributed by atoms with Crippen molar-refractivity contribution in [1.29, 1.82) is 0 Å². The number of hydrogen-bond acceptors (Lipinski definition) is 2. The molecule has 1 rings (SSSR count). The summed E-state index contributed by atoms with van der Waals surface area (Å²) in [5.74, 6) is 0.202. The Morgan fingerprint density at radius 2 is 2.22 bits per heavy atom. The summed E-state index contributed by atoms with van der Waals surface area (Å²) in [4.78, 5) is 13.1. The molecule has 0 unspecified atom stereocenters. The van der Waals surface area contributed by atoms with E-state index in [1.54, 1.807) is 19.0 Å². The van der Waals surface area contributed by atoms with Crippen molar-refractivity contribution in [2.75, 3.05) is 20.6 Å². The van der Waals surface area contributed by atoms with E-state index in [0.29, 0.717) is 6.42 Å². The maximum Gasteiger partial charge on any atom is 0.222 e. The van der Waals surface area contributed by atoms with Crippen LogP contribution < -0.4 is 5.32 Å². The summed E-state index contributed by atoms with van der Waals surface area (Å²) in [6.07, 6.45) is 4.75. The number of nitrogens with one attached hydrogen (secondary N) is 1. The van der Waals surface area contributed by atoms with Crippen molar-refractivity contribution in [2.24, 2.45) is 0 Å². The molecule has 18 heavy (non-hydrogen) atoms. The second-order valence-corrected chi connectivity index (χ2v) is 4.76. The Labute approximate surface area is 110 Å². The van der Waals surface area contributed by atoms with Crippen LogP contribution in [0.15, 0.2) is 18.3 Å². The van der Waals surface area contributed by atoms with Crippen LogP contribution in [0.3, 0.4) is 0 Å². The topological polar surface area (TPSA) is 37.3 Å². The quantitative estimate of drug-likeness (QED) is 0.716. The van der Waals surface area contributed by atoms with Crippen LogP contribution in [0.4, 0.5) is 0 Å². The number of rotatable bonds is 8. The summed E-state index contributed by atoms with van der Waals surface area (Å²) in [6.45, 7) is 5.03. The van der Waals surface area contributed by atoms with E-state index >= 15 is 0 Å². The lowest BCUT2D eigenvalue weighted by molar-refractivity contribution is -0.128. The fourth-order valence-corrected chi connectivity index (χ4v) is 1.85. The normalized spacial score (nSPS) is 10.6. The number of aromatic nitrogens is 1. The molecule has 0 saturated heterocycles. The van der Waals surface area contributed by atoms with Gasteiger partial charge in [-0.25, -0.2) is 0 Å². The molecule has 0 radical (unpaired) electrons. The number of carbonyl (C=O) groups excluding carboxylic acids is 1. The minimum absolute atomic E-state index is 0.202. The SMILES string of the molecule is CCCNCc1cccn1CCCC(=O)N(C)C. The molecule has 0 saturated carbocycles. The summed E-state index contributed by atoms with van der Waals surface area (Å²) in [7, 11) is 3.61. The van der Waals surface area contributed by atoms with Crippen LogP contribution in [0.5, 0.6) is 0 Å². The molecule has 0 atom stereocenters. The third-order valence-corrected chi connectivity index (χ3v) is 2.94. The molecule has 1 heterocycles. The summed E-state index contributed by atoms with van der Waals surface area (Å²) in [6, 6.07) is 4.20. The highest BCUT2D eigenvalue weighted by Gasteiger charge is 2.05. The van der Waals surface area contributed by atoms with E-state index in [1.165, 1.54) is 5.69 Å². The zero-order valence-corrected chi connectivity index (χ0v) is 11.8. The molecule has 0 aliphatic heterocycles. The molecule has 0 bridgehead atoms. The predicted molar refractivity (Wildman–Crippen MR) is 74.4 cm³/mol. The lowest BCUT2D eigenvalue weighted by Gasteiger charge is -2.12. The monoisotopic (exact) mass is 251 g/mol. The van der Waals surface area contributed by atoms with Gasteiger partial charge in [0, 0.05) is 45.5 Å². The third-order valence-electron chi connectivity index (χ3n) is 2.94. The average Bonchev–Trinajstić information content (AvgIpc) is 2.77. The van der Waals surface area contributed by atoms with Crippen molar-refractivity contribution >= 4 is 5.91 Å². The maximum absolute atomic E-state index is 11.5. The first-order chi connectivity index (χ1) is 8.65. The van der Waals surface area contributed by atoms with Crippen molar-refractivity contribution in [3.63, 3.8) is 0 Å². The molecule has 4 heteroatoms. The number of nitrogens with zero attached hydrogens (tertiary/aromatic N) is 2. The summed E-state index contributed by atoms with van der Waals surface area (Å²) < 4.78 is 2.23. The van der Waals surface area contributed by atoms with Crippen molar-refractivity contribution in [3.8, 4) is 0 Å². The first-order valence-electron chi connectivity index (χ1n) is 6.70. The molecule has 0 fully saturated rings. The lowest BCUT2D eigenvalue weighted by Crippen LogP contribution is -2.22. The van der Waals surface area contributed by atoms with Gasteiger partial charge in [0.2, 0.25) is 5.91 Å². The molecule has 1 aromatic rings. The van der Waals surface area contributed by atoms with Crippen molar-refractivity contribution in [3.05, 3.63) is 24.0 Å². The van der Waals surface area contributed by atoms with Crippen LogP contribution >= 0.6 is 0 Å². The number of amides is 1. The molecule has 0 spiro atoms. The van der Waals surface area contributed by atoms with Crippen molar-refractivity contribution in [2.45, 2.75) is 39.3 Å². The molecule has 1 amide bonds. The minimum Gasteiger partial charge on any atom is -0.350 e. The zero-order chi connectivity index (χ0) is 13.4. The van der Waals surface area contributed by atoms with E-state index in [0.717, 1.165) is 32.5 Å². The van der Waals surface area contributed by atoms with Crippen molar-refractivity contribution < 1.29 is 4.79 Å². The standard InChI is InChI=1S/C14H25N3O/c1-4-9-15-12-13-7-5-10-17(13)11-6-8-14(18)16(2)3/h5,7,10,15H,4,6,8-9,11-12H2,1-3H3. The number of aryl methyl sites for hydroxylation is 1. The van der Waals surface area contributed by atoms with Crippen LogP contribution in [0, 0.1) is 0 Å². The van der Waals surface area contributed by atoms with Gasteiger partial charge in [-0.2, -0.15) is 0 Å². The smallest absolute Gasteiger partial charge is 0.222 e. The molecular formula is C14H25N3O. The fourth-order valence-electron chi connectivity index (χ4n) is 1.85. The van der Waals surface area contributed by atoms with Gasteiger partial charge in [-0.3, -0.25) is 4.79 Å². The van der Waals surface area contributed by atoms with Crippen molar-refractivity contribution in [1.82, 2.24) is 14.8 Å². The Morgan fingerprint density at radius 1 is 1.44 bits per heavy atom. The van der Waals surface area contributed by atoms with E-state index in [1.807, 2.05) is 0 Å². The van der Waals surface area contributed by atoms with E-state index in [9.17, 15) is 4.79 Å². The van der Waals surface area contributed by atoms with Gasteiger partial charge in [-0.05, 0) is 31.5 Å². The van der Waals surface area contributed by atoms with Gasteiger partial charge in [-0.15, -0.1) is 0 Å². The minimum atomic E-state index is 0.202. The van der Waals surface area contributed by atoms with E-state index in [2.05, 4.69) is 35.1 Å². The molecule has 1 aromatic heterocycles. The molecule has 4 nitrogen and oxygen atoms in total.